The van der Waals surface area contributed by atoms with Crippen LogP contribution in [0.25, 0.3) is 11.1 Å². The predicted molar refractivity (Wildman–Crippen MR) is 108 cm³/mol. The number of esters is 1. The minimum Gasteiger partial charge on any atom is -0.478 e. The largest absolute Gasteiger partial charge is 0.478 e. The number of carboxylic acids is 1. The third kappa shape index (κ3) is 3.76. The fraction of sp³-hybridized carbons (Fsp3) is 0.174. The van der Waals surface area contributed by atoms with Crippen LogP contribution in [0.4, 0.5) is 0 Å². The number of ether oxygens (including phenoxy) is 1. The Morgan fingerprint density at radius 2 is 1.66 bits per heavy atom. The van der Waals surface area contributed by atoms with E-state index >= 15 is 0 Å². The standard InChI is InChI=1S/C23H20N2O4/c1-14-20(18-8-4-16(12-24)5-9-18)21(23(28)29-3)15(2)25(14)13-17-6-10-19(11-7-17)22(26)27/h4-11H,13H2,1-3H3,(H,26,27). The lowest BCUT2D eigenvalue weighted by molar-refractivity contribution is 0.0599. The fourth-order valence-corrected chi connectivity index (χ4v) is 3.47. The van der Waals surface area contributed by atoms with E-state index in [0.717, 1.165) is 28.1 Å². The minimum absolute atomic E-state index is 0.225. The normalized spacial score (nSPS) is 10.4. The molecule has 0 bridgehead atoms. The molecule has 0 radical (unpaired) electrons. The second kappa shape index (κ2) is 8.03. The number of carbonyl (C=O) groups excluding carboxylic acids is 1. The fourth-order valence-electron chi connectivity index (χ4n) is 3.47. The summed E-state index contributed by atoms with van der Waals surface area (Å²) in [7, 11) is 1.35. The van der Waals surface area contributed by atoms with Crippen LogP contribution in [0.5, 0.6) is 0 Å². The summed E-state index contributed by atoms with van der Waals surface area (Å²) in [5.74, 6) is -1.40. The van der Waals surface area contributed by atoms with Crippen molar-refractivity contribution in [3.63, 3.8) is 0 Å². The number of nitrogens with zero attached hydrogens (tertiary/aromatic N) is 2. The number of aromatic carboxylic acids is 1. The predicted octanol–water partition coefficient (Wildman–Crippen LogP) is 4.18. The molecule has 2 aromatic carbocycles. The molecule has 1 aromatic heterocycles. The molecule has 1 heterocycles. The number of rotatable bonds is 5. The van der Waals surface area contributed by atoms with Crippen molar-refractivity contribution in [3.8, 4) is 17.2 Å². The molecule has 0 amide bonds. The minimum atomic E-state index is -0.971. The summed E-state index contributed by atoms with van der Waals surface area (Å²) in [6.07, 6.45) is 0. The lowest BCUT2D eigenvalue weighted by Gasteiger charge is -2.10. The smallest absolute Gasteiger partial charge is 0.340 e. The summed E-state index contributed by atoms with van der Waals surface area (Å²) in [5, 5.41) is 18.1. The van der Waals surface area contributed by atoms with Gasteiger partial charge in [-0.05, 0) is 49.2 Å². The summed E-state index contributed by atoms with van der Waals surface area (Å²) in [6, 6.07) is 15.8. The van der Waals surface area contributed by atoms with Crippen LogP contribution in [0.15, 0.2) is 48.5 Å². The lowest BCUT2D eigenvalue weighted by Crippen LogP contribution is -2.07. The van der Waals surface area contributed by atoms with Crippen LogP contribution in [0, 0.1) is 25.2 Å². The van der Waals surface area contributed by atoms with Gasteiger partial charge in [-0.15, -0.1) is 0 Å². The molecule has 29 heavy (non-hydrogen) atoms. The van der Waals surface area contributed by atoms with Crippen molar-refractivity contribution in [2.24, 2.45) is 0 Å². The van der Waals surface area contributed by atoms with E-state index in [0.29, 0.717) is 17.7 Å². The number of hydrogen-bond donors (Lipinski definition) is 1. The zero-order valence-electron chi connectivity index (χ0n) is 16.4. The van der Waals surface area contributed by atoms with Gasteiger partial charge in [-0.25, -0.2) is 9.59 Å². The van der Waals surface area contributed by atoms with E-state index in [4.69, 9.17) is 15.1 Å². The van der Waals surface area contributed by atoms with Crippen molar-refractivity contribution in [1.29, 1.82) is 5.26 Å². The van der Waals surface area contributed by atoms with Gasteiger partial charge in [0.1, 0.15) is 0 Å². The molecule has 0 aliphatic heterocycles. The number of nitriles is 1. The van der Waals surface area contributed by atoms with Gasteiger partial charge in [-0.2, -0.15) is 5.26 Å². The summed E-state index contributed by atoms with van der Waals surface area (Å²) in [4.78, 5) is 23.6. The highest BCUT2D eigenvalue weighted by atomic mass is 16.5. The number of carboxylic acid groups (broad SMARTS) is 1. The van der Waals surface area contributed by atoms with Gasteiger partial charge in [-0.1, -0.05) is 24.3 Å². The van der Waals surface area contributed by atoms with Crippen molar-refractivity contribution >= 4 is 11.9 Å². The van der Waals surface area contributed by atoms with Crippen LogP contribution < -0.4 is 0 Å². The Kier molecular flexibility index (Phi) is 5.51. The van der Waals surface area contributed by atoms with Crippen molar-refractivity contribution in [2.45, 2.75) is 20.4 Å². The zero-order valence-corrected chi connectivity index (χ0v) is 16.4. The third-order valence-electron chi connectivity index (χ3n) is 5.02. The Morgan fingerprint density at radius 3 is 2.17 bits per heavy atom. The first-order valence-corrected chi connectivity index (χ1v) is 8.98. The van der Waals surface area contributed by atoms with E-state index in [9.17, 15) is 9.59 Å². The number of carbonyl (C=O) groups is 2. The highest BCUT2D eigenvalue weighted by Crippen LogP contribution is 2.33. The van der Waals surface area contributed by atoms with E-state index < -0.39 is 11.9 Å². The first kappa shape index (κ1) is 19.9. The Morgan fingerprint density at radius 1 is 1.03 bits per heavy atom. The van der Waals surface area contributed by atoms with Crippen molar-refractivity contribution in [3.05, 3.63) is 82.2 Å². The average Bonchev–Trinajstić information content (AvgIpc) is 2.98. The zero-order chi connectivity index (χ0) is 21.1. The molecule has 0 spiro atoms. The first-order valence-electron chi connectivity index (χ1n) is 8.98. The Hall–Kier alpha value is -3.85. The monoisotopic (exact) mass is 388 g/mol. The van der Waals surface area contributed by atoms with Crippen LogP contribution in [-0.2, 0) is 11.3 Å². The molecule has 0 saturated carbocycles. The van der Waals surface area contributed by atoms with Crippen molar-refractivity contribution in [1.82, 2.24) is 4.57 Å². The third-order valence-corrected chi connectivity index (χ3v) is 5.02. The van der Waals surface area contributed by atoms with Crippen LogP contribution >= 0.6 is 0 Å². The van der Waals surface area contributed by atoms with E-state index in [1.54, 1.807) is 36.4 Å². The number of aromatic nitrogens is 1. The van der Waals surface area contributed by atoms with Gasteiger partial charge in [0.25, 0.3) is 0 Å². The summed E-state index contributed by atoms with van der Waals surface area (Å²) >= 11 is 0. The van der Waals surface area contributed by atoms with E-state index in [2.05, 4.69) is 6.07 Å². The van der Waals surface area contributed by atoms with E-state index in [-0.39, 0.29) is 5.56 Å². The molecule has 1 N–H and O–H groups in total. The summed E-state index contributed by atoms with van der Waals surface area (Å²) in [5.41, 5.74) is 5.40. The molecule has 6 heteroatoms. The number of methoxy groups -OCH3 is 1. The van der Waals surface area contributed by atoms with Gasteiger partial charge in [0.15, 0.2) is 0 Å². The highest BCUT2D eigenvalue weighted by Gasteiger charge is 2.24. The second-order valence-electron chi connectivity index (χ2n) is 6.69. The second-order valence-corrected chi connectivity index (χ2v) is 6.69. The molecule has 0 fully saturated rings. The summed E-state index contributed by atoms with van der Waals surface area (Å²) in [6.45, 7) is 4.27. The maximum atomic E-state index is 12.5. The van der Waals surface area contributed by atoms with Gasteiger partial charge in [-0.3, -0.25) is 0 Å². The van der Waals surface area contributed by atoms with Crippen molar-refractivity contribution in [2.75, 3.05) is 7.11 Å². The van der Waals surface area contributed by atoms with Crippen LogP contribution in [0.1, 0.15) is 43.2 Å². The van der Waals surface area contributed by atoms with Gasteiger partial charge < -0.3 is 14.4 Å². The quantitative estimate of drug-likeness (QED) is 0.662. The van der Waals surface area contributed by atoms with Crippen LogP contribution in [0.2, 0.25) is 0 Å². The van der Waals surface area contributed by atoms with Crippen LogP contribution in [-0.4, -0.2) is 28.7 Å². The Balaban J connectivity index is 2.10. The average molecular weight is 388 g/mol. The SMILES string of the molecule is COC(=O)c1c(-c2ccc(C#N)cc2)c(C)n(Cc2ccc(C(=O)O)cc2)c1C. The number of benzene rings is 2. The molecule has 146 valence electrons. The van der Waals surface area contributed by atoms with Gasteiger partial charge in [0, 0.05) is 23.5 Å². The van der Waals surface area contributed by atoms with Gasteiger partial charge in [0.05, 0.1) is 29.9 Å². The molecule has 0 aliphatic carbocycles. The maximum absolute atomic E-state index is 12.5. The van der Waals surface area contributed by atoms with Crippen molar-refractivity contribution < 1.29 is 19.4 Å². The van der Waals surface area contributed by atoms with Gasteiger partial charge in [0.2, 0.25) is 0 Å². The molecule has 0 saturated heterocycles. The Labute approximate surface area is 168 Å². The molecule has 0 aliphatic rings. The molecule has 6 nitrogen and oxygen atoms in total. The molecular formula is C23H20N2O4. The van der Waals surface area contributed by atoms with E-state index in [1.807, 2.05) is 30.5 Å². The van der Waals surface area contributed by atoms with Gasteiger partial charge >= 0.3 is 11.9 Å². The Bertz CT molecular complexity index is 1120. The maximum Gasteiger partial charge on any atom is 0.340 e. The molecule has 0 unspecified atom stereocenters. The molecule has 3 aromatic rings. The number of hydrogen-bond acceptors (Lipinski definition) is 4. The first-order chi connectivity index (χ1) is 13.9. The topological polar surface area (TPSA) is 92.3 Å². The molecular weight excluding hydrogens is 368 g/mol. The van der Waals surface area contributed by atoms with Crippen LogP contribution in [0.3, 0.4) is 0 Å². The lowest BCUT2D eigenvalue weighted by atomic mass is 9.99. The summed E-state index contributed by atoms with van der Waals surface area (Å²) < 4.78 is 7.02. The van der Waals surface area contributed by atoms with E-state index in [1.165, 1.54) is 7.11 Å². The highest BCUT2D eigenvalue weighted by molar-refractivity contribution is 5.99. The molecule has 0 atom stereocenters. The molecule has 3 rings (SSSR count).